The van der Waals surface area contributed by atoms with Gasteiger partial charge in [-0.1, -0.05) is 35.3 Å². The Hall–Kier alpha value is -2.04. The van der Waals surface area contributed by atoms with Crippen molar-refractivity contribution in [1.29, 1.82) is 0 Å². The van der Waals surface area contributed by atoms with Crippen molar-refractivity contribution in [1.82, 2.24) is 0 Å². The first-order chi connectivity index (χ1) is 10.9. The van der Waals surface area contributed by atoms with Gasteiger partial charge in [0, 0.05) is 5.02 Å². The molecular formula is C17H15Cl2NO3. The third-order valence-corrected chi connectivity index (χ3v) is 3.48. The normalized spacial score (nSPS) is 10.5. The minimum absolute atomic E-state index is 0.225. The molecule has 0 saturated heterocycles. The number of carbonyl (C=O) groups excluding carboxylic acids is 2. The number of nitrogens with one attached hydrogen (secondary N) is 1. The van der Waals surface area contributed by atoms with E-state index in [4.69, 9.17) is 27.9 Å². The Bertz CT molecular complexity index is 744. The zero-order chi connectivity index (χ0) is 17.0. The fraction of sp³-hybridized carbons (Fsp3) is 0.176. The summed E-state index contributed by atoms with van der Waals surface area (Å²) in [6.45, 7) is 3.49. The maximum Gasteiger partial charge on any atom is 0.340 e. The topological polar surface area (TPSA) is 55.4 Å². The highest BCUT2D eigenvalue weighted by atomic mass is 35.5. The number of ether oxygens (including phenoxy) is 1. The van der Waals surface area contributed by atoms with Crippen LogP contribution < -0.4 is 5.32 Å². The molecule has 2 aromatic rings. The van der Waals surface area contributed by atoms with Crippen LogP contribution in [0.25, 0.3) is 0 Å². The molecule has 1 amide bonds. The smallest absolute Gasteiger partial charge is 0.340 e. The van der Waals surface area contributed by atoms with Crippen LogP contribution in [0.2, 0.25) is 10.0 Å². The lowest BCUT2D eigenvalue weighted by Gasteiger charge is -2.13. The quantitative estimate of drug-likeness (QED) is 0.804. The summed E-state index contributed by atoms with van der Waals surface area (Å²) >= 11 is 12.0. The van der Waals surface area contributed by atoms with Gasteiger partial charge in [-0.15, -0.1) is 0 Å². The van der Waals surface area contributed by atoms with Crippen molar-refractivity contribution in [2.45, 2.75) is 20.0 Å². The third-order valence-electron chi connectivity index (χ3n) is 2.91. The van der Waals surface area contributed by atoms with Crippen LogP contribution in [-0.4, -0.2) is 18.0 Å². The van der Waals surface area contributed by atoms with Crippen molar-refractivity contribution in [2.75, 3.05) is 5.32 Å². The number of carbonyl (C=O) groups is 2. The predicted octanol–water partition coefficient (Wildman–Crippen LogP) is 4.81. The van der Waals surface area contributed by atoms with Gasteiger partial charge >= 0.3 is 5.97 Å². The van der Waals surface area contributed by atoms with Gasteiger partial charge in [-0.3, -0.25) is 4.79 Å². The standard InChI is InChI=1S/C17H15Cl2NO3/c1-10(2)23-17(22)13-8-7-11(18)9-15(13)20-16(21)12-5-3-4-6-14(12)19/h3-10H,1-2H3,(H,20,21). The third kappa shape index (κ3) is 4.47. The molecule has 0 aliphatic rings. The molecule has 23 heavy (non-hydrogen) atoms. The molecule has 4 nitrogen and oxygen atoms in total. The number of hydrogen-bond donors (Lipinski definition) is 1. The highest BCUT2D eigenvalue weighted by Crippen LogP contribution is 2.24. The van der Waals surface area contributed by atoms with Crippen molar-refractivity contribution < 1.29 is 14.3 Å². The van der Waals surface area contributed by atoms with Crippen LogP contribution in [0.4, 0.5) is 5.69 Å². The van der Waals surface area contributed by atoms with Gasteiger partial charge in [0.05, 0.1) is 27.9 Å². The van der Waals surface area contributed by atoms with Crippen molar-refractivity contribution in [2.24, 2.45) is 0 Å². The SMILES string of the molecule is CC(C)OC(=O)c1ccc(Cl)cc1NC(=O)c1ccccc1Cl. The molecule has 120 valence electrons. The van der Waals surface area contributed by atoms with Gasteiger partial charge in [0.1, 0.15) is 0 Å². The second-order valence-electron chi connectivity index (χ2n) is 5.08. The molecule has 2 rings (SSSR count). The van der Waals surface area contributed by atoms with E-state index < -0.39 is 11.9 Å². The monoisotopic (exact) mass is 351 g/mol. The molecule has 0 heterocycles. The Balaban J connectivity index is 2.32. The zero-order valence-electron chi connectivity index (χ0n) is 12.6. The van der Waals surface area contributed by atoms with Crippen molar-refractivity contribution in [3.63, 3.8) is 0 Å². The Morgan fingerprint density at radius 2 is 1.74 bits per heavy atom. The Kier molecular flexibility index (Phi) is 5.64. The van der Waals surface area contributed by atoms with Crippen LogP contribution in [0.1, 0.15) is 34.6 Å². The fourth-order valence-corrected chi connectivity index (χ4v) is 2.30. The van der Waals surface area contributed by atoms with Gasteiger partial charge in [0.15, 0.2) is 0 Å². The lowest BCUT2D eigenvalue weighted by atomic mass is 10.1. The number of halogens is 2. The van der Waals surface area contributed by atoms with Crippen LogP contribution in [0.15, 0.2) is 42.5 Å². The second-order valence-corrected chi connectivity index (χ2v) is 5.92. The number of benzene rings is 2. The number of rotatable bonds is 4. The highest BCUT2D eigenvalue weighted by molar-refractivity contribution is 6.34. The highest BCUT2D eigenvalue weighted by Gasteiger charge is 2.18. The molecular weight excluding hydrogens is 337 g/mol. The molecule has 0 unspecified atom stereocenters. The summed E-state index contributed by atoms with van der Waals surface area (Å²) in [5.41, 5.74) is 0.800. The van der Waals surface area contributed by atoms with Crippen LogP contribution in [0.3, 0.4) is 0 Å². The van der Waals surface area contributed by atoms with Crippen molar-refractivity contribution >= 4 is 40.8 Å². The molecule has 1 N–H and O–H groups in total. The molecule has 0 fully saturated rings. The van der Waals surface area contributed by atoms with E-state index in [1.54, 1.807) is 44.2 Å². The summed E-state index contributed by atoms with van der Waals surface area (Å²) in [5, 5.41) is 3.36. The van der Waals surface area contributed by atoms with E-state index in [0.717, 1.165) is 0 Å². The molecule has 0 saturated carbocycles. The predicted molar refractivity (Wildman–Crippen MR) is 91.4 cm³/mol. The number of esters is 1. The average Bonchev–Trinajstić information content (AvgIpc) is 2.46. The molecule has 0 aliphatic heterocycles. The number of hydrogen-bond acceptors (Lipinski definition) is 3. The lowest BCUT2D eigenvalue weighted by Crippen LogP contribution is -2.18. The lowest BCUT2D eigenvalue weighted by molar-refractivity contribution is 0.0379. The summed E-state index contributed by atoms with van der Waals surface area (Å²) in [4.78, 5) is 24.5. The fourth-order valence-electron chi connectivity index (χ4n) is 1.91. The second kappa shape index (κ2) is 7.49. The van der Waals surface area contributed by atoms with Crippen LogP contribution in [0, 0.1) is 0 Å². The molecule has 0 aliphatic carbocycles. The van der Waals surface area contributed by atoms with Crippen LogP contribution in [0.5, 0.6) is 0 Å². The van der Waals surface area contributed by atoms with Crippen LogP contribution in [-0.2, 0) is 4.74 Å². The van der Waals surface area contributed by atoms with Gasteiger partial charge in [-0.2, -0.15) is 0 Å². The van der Waals surface area contributed by atoms with Crippen molar-refractivity contribution in [3.05, 3.63) is 63.6 Å². The average molecular weight is 352 g/mol. The minimum atomic E-state index is -0.536. The number of amides is 1. The van der Waals surface area contributed by atoms with Crippen molar-refractivity contribution in [3.8, 4) is 0 Å². The van der Waals surface area contributed by atoms with E-state index >= 15 is 0 Å². The van der Waals surface area contributed by atoms with Gasteiger partial charge in [0.25, 0.3) is 5.91 Å². The number of anilines is 1. The molecule has 0 aromatic heterocycles. The zero-order valence-corrected chi connectivity index (χ0v) is 14.1. The maximum absolute atomic E-state index is 12.4. The molecule has 0 bridgehead atoms. The Morgan fingerprint density at radius 1 is 1.04 bits per heavy atom. The first-order valence-electron chi connectivity index (χ1n) is 6.95. The Morgan fingerprint density at radius 3 is 2.39 bits per heavy atom. The summed E-state index contributed by atoms with van der Waals surface area (Å²) in [6, 6.07) is 11.2. The van der Waals surface area contributed by atoms with E-state index in [9.17, 15) is 9.59 Å². The van der Waals surface area contributed by atoms with Gasteiger partial charge in [0.2, 0.25) is 0 Å². The van der Waals surface area contributed by atoms with E-state index in [0.29, 0.717) is 15.6 Å². The maximum atomic E-state index is 12.4. The summed E-state index contributed by atoms with van der Waals surface area (Å²) in [6.07, 6.45) is -0.273. The summed E-state index contributed by atoms with van der Waals surface area (Å²) in [5.74, 6) is -0.970. The molecule has 0 radical (unpaired) electrons. The van der Waals surface area contributed by atoms with Gasteiger partial charge in [-0.25, -0.2) is 4.79 Å². The van der Waals surface area contributed by atoms with Gasteiger partial charge < -0.3 is 10.1 Å². The molecule has 2 aromatic carbocycles. The first kappa shape index (κ1) is 17.3. The molecule has 0 spiro atoms. The van der Waals surface area contributed by atoms with Crippen LogP contribution >= 0.6 is 23.2 Å². The van der Waals surface area contributed by atoms with E-state index in [-0.39, 0.29) is 17.4 Å². The van der Waals surface area contributed by atoms with Gasteiger partial charge in [-0.05, 0) is 44.2 Å². The van der Waals surface area contributed by atoms with E-state index in [1.807, 2.05) is 0 Å². The minimum Gasteiger partial charge on any atom is -0.459 e. The molecule has 0 atom stereocenters. The largest absolute Gasteiger partial charge is 0.459 e. The summed E-state index contributed by atoms with van der Waals surface area (Å²) < 4.78 is 5.17. The Labute approximate surface area is 144 Å². The van der Waals surface area contributed by atoms with E-state index in [1.165, 1.54) is 12.1 Å². The van der Waals surface area contributed by atoms with E-state index in [2.05, 4.69) is 5.32 Å². The first-order valence-corrected chi connectivity index (χ1v) is 7.70. The summed E-state index contributed by atoms with van der Waals surface area (Å²) in [7, 11) is 0. The molecule has 6 heteroatoms.